The Balaban J connectivity index is 1.49. The van der Waals surface area contributed by atoms with E-state index in [-0.39, 0.29) is 35.5 Å². The molecule has 1 aromatic heterocycles. The van der Waals surface area contributed by atoms with Crippen LogP contribution in [0.1, 0.15) is 56.4 Å². The molecule has 6 nitrogen and oxygen atoms in total. The molecule has 1 aliphatic carbocycles. The van der Waals surface area contributed by atoms with Gasteiger partial charge in [0.05, 0.1) is 10.9 Å². The maximum Gasteiger partial charge on any atom is 0.234 e. The van der Waals surface area contributed by atoms with Gasteiger partial charge in [-0.2, -0.15) is 0 Å². The molecule has 2 aromatic rings. The van der Waals surface area contributed by atoms with Gasteiger partial charge in [0.15, 0.2) is 11.6 Å². The van der Waals surface area contributed by atoms with Crippen molar-refractivity contribution in [3.63, 3.8) is 0 Å². The van der Waals surface area contributed by atoms with E-state index in [1.807, 2.05) is 0 Å². The van der Waals surface area contributed by atoms with E-state index < -0.39 is 11.7 Å². The summed E-state index contributed by atoms with van der Waals surface area (Å²) in [7, 11) is 0. The van der Waals surface area contributed by atoms with Crippen LogP contribution in [0.4, 0.5) is 10.2 Å². The Morgan fingerprint density at radius 1 is 1.16 bits per heavy atom. The molecule has 2 aliphatic heterocycles. The number of hydrogen-bond acceptors (Lipinski definition) is 4. The first-order chi connectivity index (χ1) is 14.9. The number of imide groups is 1. The van der Waals surface area contributed by atoms with Gasteiger partial charge in [-0.3, -0.25) is 24.6 Å². The molecule has 1 atom stereocenters. The lowest BCUT2D eigenvalue weighted by molar-refractivity contribution is -0.134. The second-order valence-corrected chi connectivity index (χ2v) is 8.93. The van der Waals surface area contributed by atoms with E-state index in [0.29, 0.717) is 34.6 Å². The second kappa shape index (κ2) is 7.41. The lowest BCUT2D eigenvalue weighted by Gasteiger charge is -2.35. The Morgan fingerprint density at radius 3 is 2.68 bits per heavy atom. The van der Waals surface area contributed by atoms with E-state index >= 15 is 4.39 Å². The van der Waals surface area contributed by atoms with Gasteiger partial charge in [0.25, 0.3) is 0 Å². The third kappa shape index (κ3) is 3.41. The van der Waals surface area contributed by atoms with Gasteiger partial charge < -0.3 is 0 Å². The van der Waals surface area contributed by atoms with Gasteiger partial charge >= 0.3 is 0 Å². The topological polar surface area (TPSA) is 79.4 Å². The van der Waals surface area contributed by atoms with Crippen LogP contribution in [-0.4, -0.2) is 28.2 Å². The van der Waals surface area contributed by atoms with Gasteiger partial charge in [0.2, 0.25) is 17.7 Å². The molecule has 0 radical (unpaired) electrons. The highest BCUT2D eigenvalue weighted by Gasteiger charge is 2.53. The predicted molar refractivity (Wildman–Crippen MR) is 113 cm³/mol. The standard InChI is InChI=1S/C23H21ClFN3O3/c24-20-14(3-1-4-15(20)16-6-7-18(29)27-22(16)31)13-11-17(25)21(26-12-13)28-19(30)5-2-8-23(28)9-10-23/h1,3-4,11-12,16H,2,5-10H2,(H,27,29,31). The van der Waals surface area contributed by atoms with Gasteiger partial charge in [0, 0.05) is 35.7 Å². The number of carbonyl (C=O) groups excluding carboxylic acids is 3. The van der Waals surface area contributed by atoms with E-state index in [1.165, 1.54) is 12.3 Å². The van der Waals surface area contributed by atoms with Crippen molar-refractivity contribution in [2.24, 2.45) is 0 Å². The Morgan fingerprint density at radius 2 is 1.97 bits per heavy atom. The molecule has 1 unspecified atom stereocenters. The molecule has 31 heavy (non-hydrogen) atoms. The highest BCUT2D eigenvalue weighted by molar-refractivity contribution is 6.34. The number of hydrogen-bond donors (Lipinski definition) is 1. The molecule has 1 aromatic carbocycles. The van der Waals surface area contributed by atoms with Crippen molar-refractivity contribution in [1.29, 1.82) is 0 Å². The van der Waals surface area contributed by atoms with E-state index in [1.54, 1.807) is 23.1 Å². The smallest absolute Gasteiger partial charge is 0.234 e. The zero-order valence-corrected chi connectivity index (χ0v) is 17.5. The van der Waals surface area contributed by atoms with Crippen LogP contribution in [-0.2, 0) is 14.4 Å². The highest BCUT2D eigenvalue weighted by Crippen LogP contribution is 2.50. The van der Waals surface area contributed by atoms with Crippen molar-refractivity contribution in [3.05, 3.63) is 46.9 Å². The van der Waals surface area contributed by atoms with E-state index in [4.69, 9.17) is 11.6 Å². The fraction of sp³-hybridized carbons (Fsp3) is 0.391. The average molecular weight is 442 g/mol. The first kappa shape index (κ1) is 20.1. The number of carbonyl (C=O) groups is 3. The molecule has 3 aliphatic rings. The summed E-state index contributed by atoms with van der Waals surface area (Å²) in [6.45, 7) is 0. The Hall–Kier alpha value is -2.80. The Kier molecular flexibility index (Phi) is 4.81. The van der Waals surface area contributed by atoms with Crippen molar-refractivity contribution < 1.29 is 18.8 Å². The quantitative estimate of drug-likeness (QED) is 0.727. The number of piperidine rings is 2. The average Bonchev–Trinajstić information content (AvgIpc) is 3.49. The summed E-state index contributed by atoms with van der Waals surface area (Å²) in [5.74, 6) is -1.79. The molecular formula is C23H21ClFN3O3. The van der Waals surface area contributed by atoms with Crippen molar-refractivity contribution >= 4 is 35.1 Å². The van der Waals surface area contributed by atoms with Gasteiger partial charge in [-0.15, -0.1) is 0 Å². The van der Waals surface area contributed by atoms with Crippen molar-refractivity contribution in [2.45, 2.75) is 56.4 Å². The number of halogens is 2. The van der Waals surface area contributed by atoms with Crippen LogP contribution < -0.4 is 10.2 Å². The van der Waals surface area contributed by atoms with E-state index in [2.05, 4.69) is 10.3 Å². The van der Waals surface area contributed by atoms with Crippen LogP contribution in [0.2, 0.25) is 5.02 Å². The molecule has 2 saturated heterocycles. The highest BCUT2D eigenvalue weighted by atomic mass is 35.5. The zero-order chi connectivity index (χ0) is 21.8. The second-order valence-electron chi connectivity index (χ2n) is 8.55. The van der Waals surface area contributed by atoms with Gasteiger partial charge in [-0.05, 0) is 43.7 Å². The molecule has 3 heterocycles. The Labute approximate surface area is 183 Å². The molecule has 160 valence electrons. The number of nitrogens with one attached hydrogen (secondary N) is 1. The van der Waals surface area contributed by atoms with E-state index in [9.17, 15) is 14.4 Å². The molecule has 8 heteroatoms. The van der Waals surface area contributed by atoms with Crippen LogP contribution in [0.25, 0.3) is 11.1 Å². The van der Waals surface area contributed by atoms with Crippen LogP contribution >= 0.6 is 11.6 Å². The fourth-order valence-electron chi connectivity index (χ4n) is 4.79. The number of rotatable bonds is 3. The van der Waals surface area contributed by atoms with Crippen LogP contribution in [0.3, 0.4) is 0 Å². The molecule has 1 N–H and O–H groups in total. The van der Waals surface area contributed by atoms with Crippen molar-refractivity contribution in [2.75, 3.05) is 4.90 Å². The minimum atomic E-state index is -0.568. The summed E-state index contributed by atoms with van der Waals surface area (Å²) in [6.07, 6.45) is 6.00. The number of benzene rings is 1. The molecule has 3 amide bonds. The van der Waals surface area contributed by atoms with E-state index in [0.717, 1.165) is 25.7 Å². The largest absolute Gasteiger partial charge is 0.296 e. The predicted octanol–water partition coefficient (Wildman–Crippen LogP) is 4.11. The van der Waals surface area contributed by atoms with Gasteiger partial charge in [-0.25, -0.2) is 9.37 Å². The summed E-state index contributed by atoms with van der Waals surface area (Å²) >= 11 is 6.62. The number of amides is 3. The molecule has 5 rings (SSSR count). The number of aromatic nitrogens is 1. The first-order valence-electron chi connectivity index (χ1n) is 10.5. The first-order valence-corrected chi connectivity index (χ1v) is 10.9. The molecule has 0 bridgehead atoms. The normalized spacial score (nSPS) is 22.6. The summed E-state index contributed by atoms with van der Waals surface area (Å²) in [5.41, 5.74) is 1.34. The maximum atomic E-state index is 15.2. The van der Waals surface area contributed by atoms with Crippen LogP contribution in [0.15, 0.2) is 30.5 Å². The lowest BCUT2D eigenvalue weighted by Crippen LogP contribution is -2.46. The van der Waals surface area contributed by atoms with Crippen LogP contribution in [0, 0.1) is 5.82 Å². The summed E-state index contributed by atoms with van der Waals surface area (Å²) in [4.78, 5) is 42.1. The van der Waals surface area contributed by atoms with Crippen LogP contribution in [0.5, 0.6) is 0 Å². The molecule has 3 fully saturated rings. The Bertz CT molecular complexity index is 1120. The zero-order valence-electron chi connectivity index (χ0n) is 16.8. The number of nitrogens with zero attached hydrogens (tertiary/aromatic N) is 2. The lowest BCUT2D eigenvalue weighted by atomic mass is 9.88. The van der Waals surface area contributed by atoms with Crippen molar-refractivity contribution in [1.82, 2.24) is 10.3 Å². The molecule has 1 saturated carbocycles. The van der Waals surface area contributed by atoms with Crippen molar-refractivity contribution in [3.8, 4) is 11.1 Å². The number of anilines is 1. The SMILES string of the molecule is O=C1CCC(c2cccc(-c3cnc(N4C(=O)CCCC45CC5)c(F)c3)c2Cl)C(=O)N1. The fourth-order valence-corrected chi connectivity index (χ4v) is 5.16. The summed E-state index contributed by atoms with van der Waals surface area (Å²) in [5, 5.41) is 2.67. The number of pyridine rings is 1. The molecule has 1 spiro atoms. The maximum absolute atomic E-state index is 15.2. The van der Waals surface area contributed by atoms with Gasteiger partial charge in [0.1, 0.15) is 0 Å². The molecular weight excluding hydrogens is 421 g/mol. The monoisotopic (exact) mass is 441 g/mol. The third-order valence-corrected chi connectivity index (χ3v) is 6.99. The third-order valence-electron chi connectivity index (χ3n) is 6.57. The van der Waals surface area contributed by atoms with Gasteiger partial charge in [-0.1, -0.05) is 29.8 Å². The summed E-state index contributed by atoms with van der Waals surface area (Å²) in [6, 6.07) is 6.57. The minimum absolute atomic E-state index is 0.0726. The summed E-state index contributed by atoms with van der Waals surface area (Å²) < 4.78 is 15.2. The minimum Gasteiger partial charge on any atom is -0.296 e.